The summed E-state index contributed by atoms with van der Waals surface area (Å²) in [5, 5.41) is 8.81. The molecule has 0 radical (unpaired) electrons. The molecule has 4 nitrogen and oxygen atoms in total. The van der Waals surface area contributed by atoms with Crippen molar-refractivity contribution in [1.82, 2.24) is 4.90 Å². The van der Waals surface area contributed by atoms with E-state index in [1.807, 2.05) is 0 Å². The Morgan fingerprint density at radius 1 is 1.53 bits per heavy atom. The quantitative estimate of drug-likeness (QED) is 0.845. The lowest BCUT2D eigenvalue weighted by Gasteiger charge is -2.20. The van der Waals surface area contributed by atoms with Crippen LogP contribution in [0.1, 0.15) is 17.3 Å². The highest BCUT2D eigenvalue weighted by Crippen LogP contribution is 2.17. The van der Waals surface area contributed by atoms with Crippen LogP contribution < -0.4 is 4.74 Å². The Labute approximate surface area is 99.6 Å². The summed E-state index contributed by atoms with van der Waals surface area (Å²) in [5.74, 6) is -0.684. The van der Waals surface area contributed by atoms with Crippen molar-refractivity contribution >= 4 is 5.91 Å². The number of ether oxygens (including phenoxy) is 1. The molecule has 0 aliphatic heterocycles. The standard InChI is InChI=1S/C12H16FNO3/c1-3-14(6-7-15)12(16)10-5-4-9(17-2)8-11(10)13/h4-5,8,15H,3,6-7H2,1-2H3. The number of likely N-dealkylation sites (N-methyl/N-ethyl adjacent to an activating group) is 1. The molecule has 1 aromatic rings. The number of benzene rings is 1. The van der Waals surface area contributed by atoms with E-state index in [2.05, 4.69) is 0 Å². The van der Waals surface area contributed by atoms with Gasteiger partial charge in [-0.15, -0.1) is 0 Å². The minimum absolute atomic E-state index is 0.0129. The molecular formula is C12H16FNO3. The van der Waals surface area contributed by atoms with E-state index in [0.29, 0.717) is 12.3 Å². The van der Waals surface area contributed by atoms with Crippen LogP contribution in [0.2, 0.25) is 0 Å². The molecule has 0 aliphatic rings. The molecule has 0 heterocycles. The Bertz CT molecular complexity index is 395. The number of halogens is 1. The van der Waals surface area contributed by atoms with Gasteiger partial charge >= 0.3 is 0 Å². The molecule has 0 aliphatic carbocycles. The van der Waals surface area contributed by atoms with Crippen molar-refractivity contribution in [3.05, 3.63) is 29.6 Å². The van der Waals surface area contributed by atoms with Gasteiger partial charge in [-0.1, -0.05) is 0 Å². The Kier molecular flexibility index (Phi) is 4.90. The summed E-state index contributed by atoms with van der Waals surface area (Å²) in [6, 6.07) is 4.08. The monoisotopic (exact) mass is 241 g/mol. The molecule has 0 unspecified atom stereocenters. The van der Waals surface area contributed by atoms with E-state index < -0.39 is 11.7 Å². The lowest BCUT2D eigenvalue weighted by atomic mass is 10.1. The first-order chi connectivity index (χ1) is 8.13. The molecule has 0 fully saturated rings. The van der Waals surface area contributed by atoms with Gasteiger partial charge in [0.2, 0.25) is 0 Å². The summed E-state index contributed by atoms with van der Waals surface area (Å²) in [4.78, 5) is 13.3. The number of aliphatic hydroxyl groups is 1. The third kappa shape index (κ3) is 3.17. The molecule has 1 amide bonds. The summed E-state index contributed by atoms with van der Waals surface area (Å²) in [6.07, 6.45) is 0. The van der Waals surface area contributed by atoms with Crippen LogP contribution >= 0.6 is 0 Å². The second kappa shape index (κ2) is 6.20. The number of amides is 1. The van der Waals surface area contributed by atoms with Gasteiger partial charge in [0.25, 0.3) is 5.91 Å². The van der Waals surface area contributed by atoms with Gasteiger partial charge in [-0.25, -0.2) is 4.39 Å². The predicted octanol–water partition coefficient (Wildman–Crippen LogP) is 1.29. The molecule has 1 N–H and O–H groups in total. The zero-order valence-electron chi connectivity index (χ0n) is 9.94. The molecule has 5 heteroatoms. The van der Waals surface area contributed by atoms with Gasteiger partial charge in [0.15, 0.2) is 0 Å². The van der Waals surface area contributed by atoms with E-state index in [9.17, 15) is 9.18 Å². The van der Waals surface area contributed by atoms with Gasteiger partial charge in [-0.05, 0) is 19.1 Å². The van der Waals surface area contributed by atoms with E-state index in [0.717, 1.165) is 0 Å². The number of methoxy groups -OCH3 is 1. The van der Waals surface area contributed by atoms with Crippen molar-refractivity contribution in [2.45, 2.75) is 6.92 Å². The minimum atomic E-state index is -0.620. The maximum absolute atomic E-state index is 13.6. The number of carbonyl (C=O) groups excluding carboxylic acids is 1. The molecule has 0 spiro atoms. The smallest absolute Gasteiger partial charge is 0.256 e. The van der Waals surface area contributed by atoms with E-state index in [-0.39, 0.29) is 18.7 Å². The first-order valence-corrected chi connectivity index (χ1v) is 5.37. The summed E-state index contributed by atoms with van der Waals surface area (Å²) in [5.41, 5.74) is -0.0129. The number of aliphatic hydroxyl groups excluding tert-OH is 1. The summed E-state index contributed by atoms with van der Waals surface area (Å²) in [6.45, 7) is 2.25. The second-order valence-corrected chi connectivity index (χ2v) is 3.45. The molecule has 1 rings (SSSR count). The van der Waals surface area contributed by atoms with Crippen LogP contribution in [0.5, 0.6) is 5.75 Å². The van der Waals surface area contributed by atoms with Crippen molar-refractivity contribution in [3.8, 4) is 5.75 Å². The van der Waals surface area contributed by atoms with Crippen molar-refractivity contribution in [2.75, 3.05) is 26.8 Å². The average molecular weight is 241 g/mol. The lowest BCUT2D eigenvalue weighted by Crippen LogP contribution is -2.33. The Hall–Kier alpha value is -1.62. The third-order valence-electron chi connectivity index (χ3n) is 2.45. The normalized spacial score (nSPS) is 10.1. The summed E-state index contributed by atoms with van der Waals surface area (Å²) >= 11 is 0. The maximum atomic E-state index is 13.6. The van der Waals surface area contributed by atoms with E-state index in [1.165, 1.54) is 30.2 Å². The number of hydrogen-bond acceptors (Lipinski definition) is 3. The first kappa shape index (κ1) is 13.4. The van der Waals surface area contributed by atoms with Crippen LogP contribution in [0, 0.1) is 5.82 Å². The van der Waals surface area contributed by atoms with Gasteiger partial charge < -0.3 is 14.7 Å². The van der Waals surface area contributed by atoms with Crippen LogP contribution in [0.4, 0.5) is 4.39 Å². The highest BCUT2D eigenvalue weighted by molar-refractivity contribution is 5.94. The first-order valence-electron chi connectivity index (χ1n) is 5.37. The van der Waals surface area contributed by atoms with E-state index in [4.69, 9.17) is 9.84 Å². The highest BCUT2D eigenvalue weighted by Gasteiger charge is 2.17. The second-order valence-electron chi connectivity index (χ2n) is 3.45. The SMILES string of the molecule is CCN(CCO)C(=O)c1ccc(OC)cc1F. The molecule has 0 atom stereocenters. The molecular weight excluding hydrogens is 225 g/mol. The van der Waals surface area contributed by atoms with Gasteiger partial charge in [-0.2, -0.15) is 0 Å². The number of rotatable bonds is 5. The van der Waals surface area contributed by atoms with E-state index >= 15 is 0 Å². The molecule has 1 aromatic carbocycles. The van der Waals surface area contributed by atoms with Crippen molar-refractivity contribution < 1.29 is 19.0 Å². The van der Waals surface area contributed by atoms with Crippen molar-refractivity contribution in [2.24, 2.45) is 0 Å². The summed E-state index contributed by atoms with van der Waals surface area (Å²) in [7, 11) is 1.43. The third-order valence-corrected chi connectivity index (χ3v) is 2.45. The molecule has 0 bridgehead atoms. The molecule has 17 heavy (non-hydrogen) atoms. The maximum Gasteiger partial charge on any atom is 0.256 e. The Balaban J connectivity index is 2.95. The van der Waals surface area contributed by atoms with Gasteiger partial charge in [0.1, 0.15) is 11.6 Å². The summed E-state index contributed by atoms with van der Waals surface area (Å²) < 4.78 is 18.5. The van der Waals surface area contributed by atoms with Crippen molar-refractivity contribution in [3.63, 3.8) is 0 Å². The fraction of sp³-hybridized carbons (Fsp3) is 0.417. The lowest BCUT2D eigenvalue weighted by molar-refractivity contribution is 0.0727. The van der Waals surface area contributed by atoms with Crippen LogP contribution in [0.3, 0.4) is 0 Å². The average Bonchev–Trinajstić information content (AvgIpc) is 2.35. The van der Waals surface area contributed by atoms with Gasteiger partial charge in [0, 0.05) is 19.2 Å². The van der Waals surface area contributed by atoms with E-state index in [1.54, 1.807) is 6.92 Å². The Morgan fingerprint density at radius 3 is 2.71 bits per heavy atom. The Morgan fingerprint density at radius 2 is 2.24 bits per heavy atom. The van der Waals surface area contributed by atoms with Crippen LogP contribution in [-0.4, -0.2) is 42.7 Å². The minimum Gasteiger partial charge on any atom is -0.497 e. The van der Waals surface area contributed by atoms with Crippen LogP contribution in [0.25, 0.3) is 0 Å². The van der Waals surface area contributed by atoms with Gasteiger partial charge in [0.05, 0.1) is 19.3 Å². The molecule has 0 saturated carbocycles. The largest absolute Gasteiger partial charge is 0.497 e. The number of nitrogens with zero attached hydrogens (tertiary/aromatic N) is 1. The zero-order valence-corrected chi connectivity index (χ0v) is 9.94. The fourth-order valence-electron chi connectivity index (χ4n) is 1.49. The molecule has 94 valence electrons. The molecule has 0 aromatic heterocycles. The van der Waals surface area contributed by atoms with Crippen LogP contribution in [0.15, 0.2) is 18.2 Å². The van der Waals surface area contributed by atoms with Crippen LogP contribution in [-0.2, 0) is 0 Å². The zero-order chi connectivity index (χ0) is 12.8. The molecule has 0 saturated heterocycles. The highest BCUT2D eigenvalue weighted by atomic mass is 19.1. The number of hydrogen-bond donors (Lipinski definition) is 1. The van der Waals surface area contributed by atoms with Gasteiger partial charge in [-0.3, -0.25) is 4.79 Å². The predicted molar refractivity (Wildman–Crippen MR) is 61.6 cm³/mol. The topological polar surface area (TPSA) is 49.8 Å². The fourth-order valence-corrected chi connectivity index (χ4v) is 1.49. The van der Waals surface area contributed by atoms with Crippen molar-refractivity contribution in [1.29, 1.82) is 0 Å². The number of carbonyl (C=O) groups is 1.